The van der Waals surface area contributed by atoms with Gasteiger partial charge in [0, 0.05) is 43.5 Å². The molecule has 1 aromatic heterocycles. The highest BCUT2D eigenvalue weighted by molar-refractivity contribution is 7.89. The maximum atomic E-state index is 13.0. The number of piperidine rings is 1. The molecule has 2 heterocycles. The molecule has 1 aliphatic heterocycles. The zero-order chi connectivity index (χ0) is 18.6. The smallest absolute Gasteiger partial charge is 0.243 e. The number of sulfonamides is 1. The maximum Gasteiger partial charge on any atom is 0.243 e. The summed E-state index contributed by atoms with van der Waals surface area (Å²) in [6.45, 7) is 1.09. The zero-order valence-electron chi connectivity index (χ0n) is 14.1. The second-order valence-corrected chi connectivity index (χ2v) is 9.02. The topological polar surface area (TPSA) is 79.4 Å². The summed E-state index contributed by atoms with van der Waals surface area (Å²) >= 11 is 1.55. The lowest BCUT2D eigenvalue weighted by Crippen LogP contribution is -2.43. The second-order valence-electron chi connectivity index (χ2n) is 6.10. The summed E-state index contributed by atoms with van der Waals surface area (Å²) in [7, 11) is -3.65. The van der Waals surface area contributed by atoms with E-state index in [1.807, 2.05) is 5.38 Å². The van der Waals surface area contributed by atoms with E-state index >= 15 is 0 Å². The predicted molar refractivity (Wildman–Crippen MR) is 96.7 cm³/mol. The number of nitrogens with one attached hydrogen (secondary N) is 1. The van der Waals surface area contributed by atoms with Crippen LogP contribution < -0.4 is 5.32 Å². The van der Waals surface area contributed by atoms with Gasteiger partial charge in [0.1, 0.15) is 5.82 Å². The number of aromatic nitrogens is 1. The molecule has 26 heavy (non-hydrogen) atoms. The van der Waals surface area contributed by atoms with Crippen LogP contribution in [0.5, 0.6) is 0 Å². The van der Waals surface area contributed by atoms with Crippen LogP contribution in [0.4, 0.5) is 4.39 Å². The van der Waals surface area contributed by atoms with E-state index in [1.165, 1.54) is 16.4 Å². The first kappa shape index (κ1) is 18.9. The van der Waals surface area contributed by atoms with Crippen LogP contribution >= 0.6 is 11.3 Å². The molecule has 0 aliphatic carbocycles. The largest absolute Gasteiger partial charge is 0.355 e. The minimum absolute atomic E-state index is 0.0413. The average Bonchev–Trinajstić information content (AvgIpc) is 3.15. The highest BCUT2D eigenvalue weighted by Crippen LogP contribution is 2.24. The Balaban J connectivity index is 1.50. The van der Waals surface area contributed by atoms with Gasteiger partial charge in [0.2, 0.25) is 15.9 Å². The molecule has 0 bridgehead atoms. The summed E-state index contributed by atoms with van der Waals surface area (Å²) in [5.41, 5.74) is 0. The Bertz CT molecular complexity index is 831. The molecular weight excluding hydrogens is 377 g/mol. The van der Waals surface area contributed by atoms with Crippen molar-refractivity contribution in [1.29, 1.82) is 0 Å². The summed E-state index contributed by atoms with van der Waals surface area (Å²) in [6.07, 6.45) is 3.38. The molecule has 140 valence electrons. The summed E-state index contributed by atoms with van der Waals surface area (Å²) < 4.78 is 39.5. The fraction of sp³-hybridized carbons (Fsp3) is 0.412. The Labute approximate surface area is 156 Å². The van der Waals surface area contributed by atoms with Gasteiger partial charge < -0.3 is 5.32 Å². The monoisotopic (exact) mass is 397 g/mol. The third-order valence-electron chi connectivity index (χ3n) is 4.40. The summed E-state index contributed by atoms with van der Waals surface area (Å²) in [5, 5.41) is 5.77. The first-order chi connectivity index (χ1) is 12.5. The molecule has 2 aromatic rings. The van der Waals surface area contributed by atoms with Gasteiger partial charge >= 0.3 is 0 Å². The number of benzene rings is 1. The number of rotatable bonds is 6. The summed E-state index contributed by atoms with van der Waals surface area (Å²) in [5.74, 6) is -0.705. The predicted octanol–water partition coefficient (Wildman–Crippen LogP) is 2.04. The number of carbonyl (C=O) groups excluding carboxylic acids is 1. The van der Waals surface area contributed by atoms with Crippen molar-refractivity contribution < 1.29 is 17.6 Å². The van der Waals surface area contributed by atoms with Crippen molar-refractivity contribution in [1.82, 2.24) is 14.6 Å². The molecule has 0 unspecified atom stereocenters. The van der Waals surface area contributed by atoms with Crippen molar-refractivity contribution in [2.24, 2.45) is 5.92 Å². The number of halogens is 1. The van der Waals surface area contributed by atoms with Crippen molar-refractivity contribution in [2.45, 2.75) is 24.2 Å². The summed E-state index contributed by atoms with van der Waals surface area (Å²) in [6, 6.07) is 4.80. The van der Waals surface area contributed by atoms with Crippen LogP contribution in [0.25, 0.3) is 0 Å². The lowest BCUT2D eigenvalue weighted by atomic mass is 9.97. The van der Waals surface area contributed by atoms with Crippen LogP contribution in [-0.2, 0) is 21.2 Å². The number of thiazole rings is 1. The Kier molecular flexibility index (Phi) is 6.00. The molecule has 3 rings (SSSR count). The van der Waals surface area contributed by atoms with Crippen molar-refractivity contribution in [3.05, 3.63) is 46.7 Å². The summed E-state index contributed by atoms with van der Waals surface area (Å²) in [4.78, 5) is 16.5. The van der Waals surface area contributed by atoms with E-state index in [1.54, 1.807) is 17.5 Å². The minimum Gasteiger partial charge on any atom is -0.355 e. The Hall–Kier alpha value is -1.84. The molecule has 6 nitrogen and oxygen atoms in total. The van der Waals surface area contributed by atoms with E-state index < -0.39 is 15.8 Å². The first-order valence-corrected chi connectivity index (χ1v) is 10.7. The number of amides is 1. The molecule has 1 fully saturated rings. The molecule has 0 saturated carbocycles. The molecule has 1 aromatic carbocycles. The molecule has 0 spiro atoms. The first-order valence-electron chi connectivity index (χ1n) is 8.38. The number of hydrogen-bond acceptors (Lipinski definition) is 5. The Morgan fingerprint density at radius 3 is 2.58 bits per heavy atom. The molecule has 1 aliphatic rings. The van der Waals surface area contributed by atoms with Gasteiger partial charge in [-0.2, -0.15) is 4.31 Å². The molecule has 1 amide bonds. The number of hydrogen-bond donors (Lipinski definition) is 1. The molecule has 0 radical (unpaired) electrons. The highest BCUT2D eigenvalue weighted by atomic mass is 32.2. The van der Waals surface area contributed by atoms with E-state index in [9.17, 15) is 17.6 Å². The van der Waals surface area contributed by atoms with Crippen LogP contribution in [0.15, 0.2) is 40.7 Å². The molecule has 1 N–H and O–H groups in total. The van der Waals surface area contributed by atoms with Gasteiger partial charge in [0.15, 0.2) is 0 Å². The molecular formula is C17H20FN3O3S2. The van der Waals surface area contributed by atoms with Crippen LogP contribution in [0.1, 0.15) is 17.8 Å². The van der Waals surface area contributed by atoms with Crippen molar-refractivity contribution in [3.8, 4) is 0 Å². The Morgan fingerprint density at radius 1 is 1.27 bits per heavy atom. The van der Waals surface area contributed by atoms with Gasteiger partial charge in [-0.1, -0.05) is 0 Å². The molecule has 1 saturated heterocycles. The minimum atomic E-state index is -3.65. The van der Waals surface area contributed by atoms with Gasteiger partial charge in [-0.05, 0) is 37.1 Å². The van der Waals surface area contributed by atoms with Gasteiger partial charge in [-0.25, -0.2) is 17.8 Å². The molecule has 0 atom stereocenters. The van der Waals surface area contributed by atoms with E-state index in [0.29, 0.717) is 25.8 Å². The number of carbonyl (C=O) groups is 1. The van der Waals surface area contributed by atoms with Gasteiger partial charge in [-0.15, -0.1) is 11.3 Å². The fourth-order valence-corrected chi connectivity index (χ4v) is 5.02. The Morgan fingerprint density at radius 2 is 1.96 bits per heavy atom. The molecule has 9 heteroatoms. The quantitative estimate of drug-likeness (QED) is 0.809. The maximum absolute atomic E-state index is 13.0. The van der Waals surface area contributed by atoms with Crippen molar-refractivity contribution in [2.75, 3.05) is 19.6 Å². The van der Waals surface area contributed by atoms with E-state index in [4.69, 9.17) is 0 Å². The SMILES string of the molecule is O=C(NCCc1nccs1)C1CCN(S(=O)(=O)c2ccc(F)cc2)CC1. The second kappa shape index (κ2) is 8.24. The highest BCUT2D eigenvalue weighted by Gasteiger charge is 2.31. The normalized spacial score (nSPS) is 16.5. The van der Waals surface area contributed by atoms with E-state index in [0.717, 1.165) is 17.1 Å². The van der Waals surface area contributed by atoms with Crippen LogP contribution in [0.3, 0.4) is 0 Å². The van der Waals surface area contributed by atoms with E-state index in [2.05, 4.69) is 10.3 Å². The van der Waals surface area contributed by atoms with Crippen LogP contribution in [0, 0.1) is 11.7 Å². The third kappa shape index (κ3) is 4.46. The fourth-order valence-electron chi connectivity index (χ4n) is 2.93. The van der Waals surface area contributed by atoms with Crippen LogP contribution in [-0.4, -0.2) is 43.2 Å². The van der Waals surface area contributed by atoms with Gasteiger partial charge in [-0.3, -0.25) is 4.79 Å². The third-order valence-corrected chi connectivity index (χ3v) is 7.15. The lowest BCUT2D eigenvalue weighted by Gasteiger charge is -2.30. The number of nitrogens with zero attached hydrogens (tertiary/aromatic N) is 2. The van der Waals surface area contributed by atoms with E-state index in [-0.39, 0.29) is 29.8 Å². The van der Waals surface area contributed by atoms with Gasteiger partial charge in [0.05, 0.1) is 9.90 Å². The van der Waals surface area contributed by atoms with Crippen molar-refractivity contribution >= 4 is 27.3 Å². The average molecular weight is 397 g/mol. The zero-order valence-corrected chi connectivity index (χ0v) is 15.7. The lowest BCUT2D eigenvalue weighted by molar-refractivity contribution is -0.126. The standard InChI is InChI=1S/C17H20FN3O3S2/c18-14-1-3-15(4-2-14)26(23,24)21-10-6-13(7-11-21)17(22)20-8-5-16-19-9-12-25-16/h1-4,9,12-13H,5-8,10-11H2,(H,20,22). The van der Waals surface area contributed by atoms with Gasteiger partial charge in [0.25, 0.3) is 0 Å². The van der Waals surface area contributed by atoms with Crippen LogP contribution in [0.2, 0.25) is 0 Å². The van der Waals surface area contributed by atoms with Crippen molar-refractivity contribution in [3.63, 3.8) is 0 Å².